The number of hydrogen-bond acceptors (Lipinski definition) is 6. The van der Waals surface area contributed by atoms with Crippen LogP contribution >= 0.6 is 11.3 Å². The number of fused-ring (bicyclic) bond motifs is 1. The van der Waals surface area contributed by atoms with E-state index in [4.69, 9.17) is 14.3 Å². The van der Waals surface area contributed by atoms with Crippen molar-refractivity contribution >= 4 is 38.9 Å². The van der Waals surface area contributed by atoms with Gasteiger partial charge in [-0.1, -0.05) is 25.0 Å². The minimum Gasteiger partial charge on any atom is -0.259 e. The monoisotopic (exact) mass is 341 g/mol. The highest BCUT2D eigenvalue weighted by molar-refractivity contribution is 8.69. The van der Waals surface area contributed by atoms with Crippen LogP contribution in [0.5, 0.6) is 0 Å². The van der Waals surface area contributed by atoms with Crippen LogP contribution in [-0.4, -0.2) is 17.3 Å². The molecule has 5 nitrogen and oxygen atoms in total. The van der Waals surface area contributed by atoms with Crippen LogP contribution < -0.4 is 0 Å². The molecule has 1 aliphatic rings. The fourth-order valence-corrected chi connectivity index (χ4v) is 9.73. The van der Waals surface area contributed by atoms with Crippen LogP contribution in [-0.2, 0) is 17.3 Å². The third-order valence-electron chi connectivity index (χ3n) is 3.56. The molecule has 0 saturated heterocycles. The zero-order valence-corrected chi connectivity index (χ0v) is 14.1. The molecule has 0 aliphatic carbocycles. The van der Waals surface area contributed by atoms with Gasteiger partial charge in [-0.3, -0.25) is 14.3 Å². The highest BCUT2D eigenvalue weighted by atomic mass is 33.2. The Morgan fingerprint density at radius 2 is 1.86 bits per heavy atom. The first-order chi connectivity index (χ1) is 10.0. The number of benzene rings is 1. The summed E-state index contributed by atoms with van der Waals surface area (Å²) < 4.78 is 32.0. The first-order valence-corrected chi connectivity index (χ1v) is 11.7. The largest absolute Gasteiger partial charge is 0.259 e. The number of aromatic nitrogens is 1. The quantitative estimate of drug-likeness (QED) is 0.664. The number of thiazole rings is 1. The average Bonchev–Trinajstić information content (AvgIpc) is 2.87. The molecule has 1 atom stereocenters. The Hall–Kier alpha value is -0.990. The zero-order valence-electron chi connectivity index (χ0n) is 11.7. The average molecular weight is 342 g/mol. The molecule has 0 radical (unpaired) electrons. The standard InChI is InChI=1S/C13H19N5S3/c14-20(10-6-2-1-5-9-17-20)21(15,16)13-18-11-7-3-4-8-12(11)19-13/h3-4,7-8,14-16H,1-2,5-6,9-10H2. The van der Waals surface area contributed by atoms with Gasteiger partial charge in [0.2, 0.25) is 0 Å². The van der Waals surface area contributed by atoms with Crippen molar-refractivity contribution in [1.82, 2.24) is 4.98 Å². The van der Waals surface area contributed by atoms with Crippen molar-refractivity contribution in [3.63, 3.8) is 0 Å². The van der Waals surface area contributed by atoms with E-state index in [1.54, 1.807) is 0 Å². The summed E-state index contributed by atoms with van der Waals surface area (Å²) >= 11 is 1.40. The molecule has 1 aromatic heterocycles. The first kappa shape index (κ1) is 14.9. The van der Waals surface area contributed by atoms with Crippen molar-refractivity contribution in [2.45, 2.75) is 30.0 Å². The van der Waals surface area contributed by atoms with Crippen molar-refractivity contribution < 1.29 is 0 Å². The van der Waals surface area contributed by atoms with Gasteiger partial charge in [0.25, 0.3) is 0 Å². The van der Waals surface area contributed by atoms with Crippen LogP contribution in [0.25, 0.3) is 10.2 Å². The van der Waals surface area contributed by atoms with E-state index in [-0.39, 0.29) is 0 Å². The molecule has 2 aromatic rings. The molecule has 0 fully saturated rings. The topological polar surface area (TPSA) is 96.8 Å². The van der Waals surface area contributed by atoms with Crippen LogP contribution in [0.15, 0.2) is 33.0 Å². The van der Waals surface area contributed by atoms with Crippen LogP contribution in [0.1, 0.15) is 25.7 Å². The van der Waals surface area contributed by atoms with Crippen molar-refractivity contribution in [3.05, 3.63) is 24.3 Å². The highest BCUT2D eigenvalue weighted by Crippen LogP contribution is 2.32. The molecule has 0 bridgehead atoms. The van der Waals surface area contributed by atoms with Gasteiger partial charge in [0.15, 0.2) is 4.34 Å². The molecular weight excluding hydrogens is 322 g/mol. The van der Waals surface area contributed by atoms with E-state index in [0.29, 0.717) is 16.6 Å². The van der Waals surface area contributed by atoms with Crippen molar-refractivity contribution in [1.29, 1.82) is 14.3 Å². The molecule has 21 heavy (non-hydrogen) atoms. The Morgan fingerprint density at radius 3 is 2.67 bits per heavy atom. The van der Waals surface area contributed by atoms with E-state index in [1.165, 1.54) is 11.3 Å². The maximum atomic E-state index is 8.72. The van der Waals surface area contributed by atoms with Gasteiger partial charge in [-0.05, 0) is 25.0 Å². The molecular formula is C13H19N5S3. The summed E-state index contributed by atoms with van der Waals surface area (Å²) in [7, 11) is -5.11. The van der Waals surface area contributed by atoms with Gasteiger partial charge in [-0.15, -0.1) is 11.3 Å². The van der Waals surface area contributed by atoms with Crippen LogP contribution in [0, 0.1) is 14.3 Å². The van der Waals surface area contributed by atoms with Gasteiger partial charge in [-0.25, -0.2) is 9.35 Å². The number of rotatable bonds is 2. The Kier molecular flexibility index (Phi) is 4.02. The Labute approximate surface area is 129 Å². The second-order valence-electron chi connectivity index (χ2n) is 5.12. The predicted octanol–water partition coefficient (Wildman–Crippen LogP) is 4.92. The fourth-order valence-electron chi connectivity index (χ4n) is 2.34. The van der Waals surface area contributed by atoms with E-state index < -0.39 is 17.3 Å². The van der Waals surface area contributed by atoms with Crippen LogP contribution in [0.2, 0.25) is 0 Å². The van der Waals surface area contributed by atoms with Crippen molar-refractivity contribution in [2.24, 2.45) is 4.36 Å². The molecule has 3 N–H and O–H groups in total. The number of nitrogens with zero attached hydrogens (tertiary/aromatic N) is 2. The zero-order chi connectivity index (χ0) is 14.9. The lowest BCUT2D eigenvalue weighted by molar-refractivity contribution is 0.672. The molecule has 0 saturated carbocycles. The molecule has 2 heterocycles. The highest BCUT2D eigenvalue weighted by Gasteiger charge is 2.22. The van der Waals surface area contributed by atoms with E-state index >= 15 is 0 Å². The lowest BCUT2D eigenvalue weighted by Crippen LogP contribution is -2.17. The summed E-state index contributed by atoms with van der Waals surface area (Å²) in [5.41, 5.74) is 0.836. The van der Waals surface area contributed by atoms with Gasteiger partial charge in [0, 0.05) is 21.0 Å². The van der Waals surface area contributed by atoms with Gasteiger partial charge in [0.1, 0.15) is 0 Å². The molecule has 1 aliphatic heterocycles. The summed E-state index contributed by atoms with van der Waals surface area (Å²) in [6.07, 6.45) is 4.15. The third kappa shape index (κ3) is 2.72. The van der Waals surface area contributed by atoms with Gasteiger partial charge < -0.3 is 0 Å². The smallest absolute Gasteiger partial charge is 0.182 e. The van der Waals surface area contributed by atoms with Crippen molar-refractivity contribution in [3.8, 4) is 0 Å². The summed E-state index contributed by atoms with van der Waals surface area (Å²) in [5.74, 6) is 0.589. The molecule has 1 unspecified atom stereocenters. The predicted molar refractivity (Wildman–Crippen MR) is 91.4 cm³/mol. The number of hydrogen-bond donors (Lipinski definition) is 3. The Bertz CT molecular complexity index is 839. The maximum absolute atomic E-state index is 8.72. The summed E-state index contributed by atoms with van der Waals surface area (Å²) in [5, 5.41) is 0. The second-order valence-corrected chi connectivity index (χ2v) is 13.0. The van der Waals surface area contributed by atoms with Crippen LogP contribution in [0.4, 0.5) is 0 Å². The van der Waals surface area contributed by atoms with E-state index in [9.17, 15) is 0 Å². The summed E-state index contributed by atoms with van der Waals surface area (Å²) in [6, 6.07) is 7.73. The second kappa shape index (κ2) is 5.66. The van der Waals surface area contributed by atoms with E-state index in [1.807, 2.05) is 24.3 Å². The van der Waals surface area contributed by atoms with Crippen molar-refractivity contribution in [2.75, 3.05) is 12.3 Å². The summed E-state index contributed by atoms with van der Waals surface area (Å²) in [4.78, 5) is 4.48. The van der Waals surface area contributed by atoms with Crippen LogP contribution in [0.3, 0.4) is 0 Å². The number of nitrogens with one attached hydrogen (secondary N) is 3. The lowest BCUT2D eigenvalue weighted by atomic mass is 10.2. The van der Waals surface area contributed by atoms with Gasteiger partial charge >= 0.3 is 0 Å². The first-order valence-electron chi connectivity index (χ1n) is 6.95. The van der Waals surface area contributed by atoms with E-state index in [0.717, 1.165) is 35.9 Å². The summed E-state index contributed by atoms with van der Waals surface area (Å²) in [6.45, 7) is 0.635. The molecule has 1 aromatic carbocycles. The molecule has 8 heteroatoms. The normalized spacial score (nSPS) is 24.2. The SMILES string of the molecule is N=S(=N)(c1nc2ccccc2s1)S1(=N)=NCCCCCC1. The minimum atomic E-state index is -2.77. The van der Waals surface area contributed by atoms with Gasteiger partial charge in [-0.2, -0.15) is 0 Å². The molecule has 0 spiro atoms. The van der Waals surface area contributed by atoms with E-state index in [2.05, 4.69) is 9.35 Å². The molecule has 0 amide bonds. The molecule has 114 valence electrons. The Morgan fingerprint density at radius 1 is 1.10 bits per heavy atom. The lowest BCUT2D eigenvalue weighted by Gasteiger charge is -2.20. The third-order valence-corrected chi connectivity index (χ3v) is 12.3. The molecule has 3 rings (SSSR count). The van der Waals surface area contributed by atoms with Gasteiger partial charge in [0.05, 0.1) is 18.9 Å². The maximum Gasteiger partial charge on any atom is 0.182 e. The minimum absolute atomic E-state index is 0.498. The fraction of sp³-hybridized carbons (Fsp3) is 0.462. The number of para-hydroxylation sites is 1. The Balaban J connectivity index is 2.12.